The lowest BCUT2D eigenvalue weighted by molar-refractivity contribution is -0.0584. The molecule has 1 aliphatic carbocycles. The largest absolute Gasteiger partial charge is 0.493 e. The highest BCUT2D eigenvalue weighted by Crippen LogP contribution is 2.37. The van der Waals surface area contributed by atoms with E-state index in [0.717, 1.165) is 5.56 Å². The van der Waals surface area contributed by atoms with Crippen molar-refractivity contribution in [2.24, 2.45) is 0 Å². The van der Waals surface area contributed by atoms with Crippen molar-refractivity contribution < 1.29 is 18.3 Å². The van der Waals surface area contributed by atoms with Gasteiger partial charge in [0.15, 0.2) is 17.1 Å². The second-order valence-corrected chi connectivity index (χ2v) is 8.31. The second-order valence-electron chi connectivity index (χ2n) is 8.31. The molecule has 0 amide bonds. The van der Waals surface area contributed by atoms with Crippen LogP contribution >= 0.6 is 0 Å². The number of aryl methyl sites for hydroxylation is 1. The molecule has 2 aromatic heterocycles. The molecule has 10 heteroatoms. The molecular weight excluding hydrogens is 446 g/mol. The minimum absolute atomic E-state index is 0.173. The van der Waals surface area contributed by atoms with Crippen LogP contribution < -0.4 is 20.7 Å². The average Bonchev–Trinajstić information content (AvgIpc) is 3.24. The number of hydrogen-bond donors (Lipinski definition) is 1. The first-order chi connectivity index (χ1) is 16.3. The van der Waals surface area contributed by atoms with Crippen LogP contribution in [0.25, 0.3) is 23.3 Å². The molecule has 0 radical (unpaired) electrons. The molecule has 0 bridgehead atoms. The summed E-state index contributed by atoms with van der Waals surface area (Å²) in [5, 5.41) is 0. The summed E-state index contributed by atoms with van der Waals surface area (Å²) in [5.41, 5.74) is 0.608. The van der Waals surface area contributed by atoms with Gasteiger partial charge < -0.3 is 14.5 Å². The van der Waals surface area contributed by atoms with Crippen LogP contribution in [-0.4, -0.2) is 38.2 Å². The number of methoxy groups -OCH3 is 1. The van der Waals surface area contributed by atoms with E-state index in [1.54, 1.807) is 31.2 Å². The Morgan fingerprint density at radius 1 is 1.12 bits per heavy atom. The topological polar surface area (TPSA) is 91.1 Å². The predicted octanol–water partition coefficient (Wildman–Crippen LogP) is 4.06. The summed E-state index contributed by atoms with van der Waals surface area (Å²) in [5.74, 6) is -1.17. The van der Waals surface area contributed by atoms with E-state index in [2.05, 4.69) is 9.97 Å². The zero-order chi connectivity index (χ0) is 24.5. The van der Waals surface area contributed by atoms with E-state index in [9.17, 15) is 18.4 Å². The Labute approximate surface area is 194 Å². The third kappa shape index (κ3) is 4.62. The van der Waals surface area contributed by atoms with E-state index in [1.807, 2.05) is 13.0 Å². The summed E-state index contributed by atoms with van der Waals surface area (Å²) in [6, 6.07) is 5.34. The zero-order valence-corrected chi connectivity index (χ0v) is 19.4. The maximum Gasteiger partial charge on any atom is 0.332 e. The molecule has 1 fully saturated rings. The number of imidazole rings is 1. The number of aromatic nitrogens is 4. The van der Waals surface area contributed by atoms with E-state index in [1.165, 1.54) is 16.2 Å². The Bertz CT molecular complexity index is 1330. The average molecular weight is 475 g/mol. The fourth-order valence-electron chi connectivity index (χ4n) is 4.20. The van der Waals surface area contributed by atoms with Gasteiger partial charge in [-0.05, 0) is 50.5 Å². The maximum absolute atomic E-state index is 13.4. The molecule has 1 aromatic carbocycles. The van der Waals surface area contributed by atoms with Gasteiger partial charge >= 0.3 is 5.69 Å². The normalized spacial score (nSPS) is 16.4. The van der Waals surface area contributed by atoms with Gasteiger partial charge in [0, 0.05) is 25.9 Å². The van der Waals surface area contributed by atoms with Crippen LogP contribution in [0.2, 0.25) is 0 Å². The number of nitrogens with one attached hydrogen (secondary N) is 1. The van der Waals surface area contributed by atoms with Crippen molar-refractivity contribution in [1.29, 1.82) is 0 Å². The Hall–Kier alpha value is -3.43. The number of aromatic amines is 1. The third-order valence-electron chi connectivity index (χ3n) is 6.09. The van der Waals surface area contributed by atoms with Crippen molar-refractivity contribution in [2.75, 3.05) is 7.11 Å². The SMILES string of the molecule is CCn1c(=O)c2[nH]c(C=Cc3ccc(OC4CCC(F)(F)CC4)c(OC)c3)nc2n(CC)c1=O. The van der Waals surface area contributed by atoms with Gasteiger partial charge in [0.05, 0.1) is 13.2 Å². The molecule has 0 saturated heterocycles. The molecule has 3 aromatic rings. The molecular formula is C24H28F2N4O4. The fraction of sp³-hybridized carbons (Fsp3) is 0.458. The van der Waals surface area contributed by atoms with Crippen LogP contribution in [0.5, 0.6) is 11.5 Å². The van der Waals surface area contributed by atoms with Gasteiger partial charge in [0.25, 0.3) is 5.56 Å². The number of ether oxygens (including phenoxy) is 2. The van der Waals surface area contributed by atoms with Gasteiger partial charge in [-0.25, -0.2) is 18.6 Å². The van der Waals surface area contributed by atoms with Gasteiger partial charge in [0.2, 0.25) is 5.92 Å². The summed E-state index contributed by atoms with van der Waals surface area (Å²) in [6.45, 7) is 4.23. The fourth-order valence-corrected chi connectivity index (χ4v) is 4.20. The maximum atomic E-state index is 13.4. The smallest absolute Gasteiger partial charge is 0.332 e. The second kappa shape index (κ2) is 9.44. The first kappa shape index (κ1) is 23.7. The minimum atomic E-state index is -2.61. The van der Waals surface area contributed by atoms with Crippen molar-refractivity contribution in [3.05, 3.63) is 50.4 Å². The Morgan fingerprint density at radius 2 is 1.82 bits per heavy atom. The molecule has 2 heterocycles. The Kier molecular flexibility index (Phi) is 6.58. The van der Waals surface area contributed by atoms with Gasteiger partial charge in [-0.3, -0.25) is 13.9 Å². The molecule has 1 N–H and O–H groups in total. The highest BCUT2D eigenvalue weighted by molar-refractivity contribution is 5.76. The summed E-state index contributed by atoms with van der Waals surface area (Å²) in [7, 11) is 1.52. The molecule has 0 aliphatic heterocycles. The molecule has 8 nitrogen and oxygen atoms in total. The number of H-pyrrole nitrogens is 1. The molecule has 1 aliphatic rings. The van der Waals surface area contributed by atoms with Gasteiger partial charge in [-0.2, -0.15) is 0 Å². The molecule has 34 heavy (non-hydrogen) atoms. The van der Waals surface area contributed by atoms with Crippen LogP contribution in [0.3, 0.4) is 0 Å². The quantitative estimate of drug-likeness (QED) is 0.558. The standard InChI is InChI=1S/C24H28F2N4O4/c1-4-29-21-20(22(31)30(5-2)23(29)32)27-19(28-21)9-7-15-6-8-17(18(14-15)33-3)34-16-10-12-24(25,26)13-11-16/h6-9,14,16H,4-5,10-13H2,1-3H3,(H,27,28). The van der Waals surface area contributed by atoms with Crippen LogP contribution in [0, 0.1) is 0 Å². The van der Waals surface area contributed by atoms with E-state index >= 15 is 0 Å². The zero-order valence-electron chi connectivity index (χ0n) is 19.4. The summed E-state index contributed by atoms with van der Waals surface area (Å²) < 4.78 is 40.8. The molecule has 1 saturated carbocycles. The highest BCUT2D eigenvalue weighted by atomic mass is 19.3. The lowest BCUT2D eigenvalue weighted by Gasteiger charge is -2.29. The third-order valence-corrected chi connectivity index (χ3v) is 6.09. The van der Waals surface area contributed by atoms with Crippen molar-refractivity contribution in [2.45, 2.75) is 64.6 Å². The van der Waals surface area contributed by atoms with E-state index in [4.69, 9.17) is 9.47 Å². The highest BCUT2D eigenvalue weighted by Gasteiger charge is 2.36. The number of nitrogens with zero attached hydrogens (tertiary/aromatic N) is 3. The number of alkyl halides is 2. The lowest BCUT2D eigenvalue weighted by atomic mass is 9.94. The minimum Gasteiger partial charge on any atom is -0.493 e. The lowest BCUT2D eigenvalue weighted by Crippen LogP contribution is -2.39. The number of benzene rings is 1. The summed E-state index contributed by atoms with van der Waals surface area (Å²) in [6.07, 6.45) is 3.48. The van der Waals surface area contributed by atoms with Gasteiger partial charge in [-0.15, -0.1) is 0 Å². The Morgan fingerprint density at radius 3 is 2.47 bits per heavy atom. The number of rotatable bonds is 7. The van der Waals surface area contributed by atoms with Crippen LogP contribution in [-0.2, 0) is 13.1 Å². The molecule has 0 unspecified atom stereocenters. The van der Waals surface area contributed by atoms with Crippen molar-refractivity contribution in [3.63, 3.8) is 0 Å². The Balaban J connectivity index is 1.57. The first-order valence-electron chi connectivity index (χ1n) is 11.4. The predicted molar refractivity (Wildman–Crippen MR) is 126 cm³/mol. The number of hydrogen-bond acceptors (Lipinski definition) is 5. The molecule has 4 rings (SSSR count). The van der Waals surface area contributed by atoms with Crippen molar-refractivity contribution >= 4 is 23.3 Å². The monoisotopic (exact) mass is 474 g/mol. The van der Waals surface area contributed by atoms with Crippen molar-refractivity contribution in [3.8, 4) is 11.5 Å². The van der Waals surface area contributed by atoms with Crippen LogP contribution in [0.4, 0.5) is 8.78 Å². The molecule has 0 spiro atoms. The number of halogens is 2. The summed E-state index contributed by atoms with van der Waals surface area (Å²) in [4.78, 5) is 32.6. The summed E-state index contributed by atoms with van der Waals surface area (Å²) >= 11 is 0. The van der Waals surface area contributed by atoms with E-state index in [-0.39, 0.29) is 36.7 Å². The van der Waals surface area contributed by atoms with Crippen molar-refractivity contribution in [1.82, 2.24) is 19.1 Å². The van der Waals surface area contributed by atoms with Crippen LogP contribution in [0.15, 0.2) is 27.8 Å². The first-order valence-corrected chi connectivity index (χ1v) is 11.4. The van der Waals surface area contributed by atoms with E-state index < -0.39 is 11.5 Å². The van der Waals surface area contributed by atoms with E-state index in [0.29, 0.717) is 42.4 Å². The van der Waals surface area contributed by atoms with Gasteiger partial charge in [-0.1, -0.05) is 12.1 Å². The number of fused-ring (bicyclic) bond motifs is 1. The molecule has 0 atom stereocenters. The van der Waals surface area contributed by atoms with Crippen LogP contribution in [0.1, 0.15) is 50.9 Å². The molecule has 182 valence electrons. The van der Waals surface area contributed by atoms with Gasteiger partial charge in [0.1, 0.15) is 11.3 Å².